The van der Waals surface area contributed by atoms with Gasteiger partial charge in [-0.1, -0.05) is 6.42 Å². The second-order valence-electron chi connectivity index (χ2n) is 6.52. The maximum Gasteiger partial charge on any atom is 0.303 e. The van der Waals surface area contributed by atoms with Gasteiger partial charge in [0.25, 0.3) is 0 Å². The molecule has 1 spiro atoms. The van der Waals surface area contributed by atoms with Crippen LogP contribution in [0.5, 0.6) is 0 Å². The van der Waals surface area contributed by atoms with Crippen molar-refractivity contribution in [1.82, 2.24) is 0 Å². The summed E-state index contributed by atoms with van der Waals surface area (Å²) in [5.74, 6) is -1.48. The summed E-state index contributed by atoms with van der Waals surface area (Å²) in [5, 5.41) is 0. The zero-order chi connectivity index (χ0) is 17.2. The molecule has 0 amide bonds. The van der Waals surface area contributed by atoms with E-state index in [-0.39, 0.29) is 12.7 Å². The van der Waals surface area contributed by atoms with Crippen molar-refractivity contribution in [2.45, 2.75) is 76.2 Å². The van der Waals surface area contributed by atoms with Gasteiger partial charge in [0.15, 0.2) is 11.9 Å². The van der Waals surface area contributed by atoms with E-state index in [2.05, 4.69) is 0 Å². The topological polar surface area (TPSA) is 80.3 Å². The summed E-state index contributed by atoms with van der Waals surface area (Å²) in [5.41, 5.74) is 0. The number of hydrogen-bond donors (Lipinski definition) is 0. The third-order valence-corrected chi connectivity index (χ3v) is 4.60. The molecule has 0 aromatic rings. The highest BCUT2D eigenvalue weighted by atomic mass is 16.8. The van der Waals surface area contributed by atoms with Crippen molar-refractivity contribution in [3.63, 3.8) is 0 Å². The summed E-state index contributed by atoms with van der Waals surface area (Å²) in [6.45, 7) is 4.08. The molecule has 24 heavy (non-hydrogen) atoms. The molecule has 4 atom stereocenters. The molecule has 2 radical (unpaired) electrons. The second kappa shape index (κ2) is 7.37. The van der Waals surface area contributed by atoms with Crippen molar-refractivity contribution in [3.8, 4) is 0 Å². The van der Waals surface area contributed by atoms with Gasteiger partial charge >= 0.3 is 11.9 Å². The molecule has 0 unspecified atom stereocenters. The maximum atomic E-state index is 11.4. The Morgan fingerprint density at radius 3 is 2.58 bits per heavy atom. The van der Waals surface area contributed by atoms with Gasteiger partial charge in [0.1, 0.15) is 18.8 Å². The first-order chi connectivity index (χ1) is 11.5. The van der Waals surface area contributed by atoms with E-state index in [1.165, 1.54) is 20.3 Å². The highest BCUT2D eigenvalue weighted by Crippen LogP contribution is 2.44. The minimum atomic E-state index is -0.744. The molecule has 2 saturated heterocycles. The molecule has 7 nitrogen and oxygen atoms in total. The van der Waals surface area contributed by atoms with Gasteiger partial charge in [-0.15, -0.1) is 0 Å². The van der Waals surface area contributed by atoms with Crippen molar-refractivity contribution in [3.05, 3.63) is 13.0 Å². The van der Waals surface area contributed by atoms with Crippen LogP contribution in [0.2, 0.25) is 0 Å². The molecule has 2 aliphatic heterocycles. The smallest absolute Gasteiger partial charge is 0.303 e. The third-order valence-electron chi connectivity index (χ3n) is 4.60. The van der Waals surface area contributed by atoms with Crippen molar-refractivity contribution >= 4 is 11.9 Å². The van der Waals surface area contributed by atoms with E-state index in [9.17, 15) is 9.59 Å². The minimum Gasteiger partial charge on any atom is -0.462 e. The van der Waals surface area contributed by atoms with E-state index in [1.807, 2.05) is 6.42 Å². The Labute approximate surface area is 141 Å². The van der Waals surface area contributed by atoms with E-state index in [1.54, 1.807) is 6.61 Å². The molecule has 0 N–H and O–H groups in total. The summed E-state index contributed by atoms with van der Waals surface area (Å²) in [6.07, 6.45) is 4.86. The van der Waals surface area contributed by atoms with E-state index >= 15 is 0 Å². The van der Waals surface area contributed by atoms with Crippen molar-refractivity contribution in [2.24, 2.45) is 0 Å². The summed E-state index contributed by atoms with van der Waals surface area (Å²) in [7, 11) is 0. The molecular formula is C17H24O7. The lowest BCUT2D eigenvalue weighted by Crippen LogP contribution is -2.51. The van der Waals surface area contributed by atoms with E-state index in [0.29, 0.717) is 0 Å². The van der Waals surface area contributed by atoms with Gasteiger partial charge in [0.2, 0.25) is 0 Å². The molecular weight excluding hydrogens is 316 g/mol. The standard InChI is InChI=1S/C17H24O7/c1-11(18)21-10-14(22-12(2)19)15-16-13(6-9-20-15)23-17(24-16)7-4-3-5-8-17/h6,9,13-16H,3-5,7-8,10H2,1-2H3/t13-,14-,15+,16-/m1/s1. The number of ether oxygens (including phenoxy) is 5. The van der Waals surface area contributed by atoms with Crippen LogP contribution >= 0.6 is 0 Å². The maximum absolute atomic E-state index is 11.4. The molecule has 1 saturated carbocycles. The molecule has 2 heterocycles. The Balaban J connectivity index is 1.72. The van der Waals surface area contributed by atoms with Crippen LogP contribution in [0, 0.1) is 13.0 Å². The highest BCUT2D eigenvalue weighted by Gasteiger charge is 2.54. The Bertz CT molecular complexity index is 472. The van der Waals surface area contributed by atoms with Crippen LogP contribution < -0.4 is 0 Å². The van der Waals surface area contributed by atoms with E-state index in [0.717, 1.165) is 25.7 Å². The molecule has 3 rings (SSSR count). The lowest BCUT2D eigenvalue weighted by atomic mass is 9.94. The Hall–Kier alpha value is -1.18. The van der Waals surface area contributed by atoms with Gasteiger partial charge in [-0.25, -0.2) is 0 Å². The van der Waals surface area contributed by atoms with Crippen molar-refractivity contribution < 1.29 is 33.3 Å². The average Bonchev–Trinajstić information content (AvgIpc) is 2.89. The number of carbonyl (C=O) groups is 2. The van der Waals surface area contributed by atoms with Crippen LogP contribution in [0.3, 0.4) is 0 Å². The summed E-state index contributed by atoms with van der Waals surface area (Å²) in [4.78, 5) is 22.5. The molecule has 0 aromatic carbocycles. The molecule has 1 aliphatic carbocycles. The zero-order valence-electron chi connectivity index (χ0n) is 14.1. The Morgan fingerprint density at radius 2 is 1.92 bits per heavy atom. The number of fused-ring (bicyclic) bond motifs is 1. The van der Waals surface area contributed by atoms with Crippen LogP contribution in [-0.2, 0) is 33.3 Å². The van der Waals surface area contributed by atoms with Crippen molar-refractivity contribution in [2.75, 3.05) is 6.61 Å². The fourth-order valence-electron chi connectivity index (χ4n) is 3.59. The number of esters is 2. The fraction of sp³-hybridized carbons (Fsp3) is 0.765. The zero-order valence-corrected chi connectivity index (χ0v) is 14.1. The fourth-order valence-corrected chi connectivity index (χ4v) is 3.59. The van der Waals surface area contributed by atoms with Gasteiger partial charge in [0.05, 0.1) is 12.7 Å². The monoisotopic (exact) mass is 340 g/mol. The number of hydrogen-bond acceptors (Lipinski definition) is 7. The second-order valence-corrected chi connectivity index (χ2v) is 6.52. The van der Waals surface area contributed by atoms with Crippen LogP contribution in [0.15, 0.2) is 0 Å². The van der Waals surface area contributed by atoms with Gasteiger partial charge in [-0.05, 0) is 12.8 Å². The van der Waals surface area contributed by atoms with Crippen LogP contribution in [0.4, 0.5) is 0 Å². The third kappa shape index (κ3) is 3.90. The summed E-state index contributed by atoms with van der Waals surface area (Å²) in [6, 6.07) is 0. The predicted octanol–water partition coefficient (Wildman–Crippen LogP) is 1.69. The van der Waals surface area contributed by atoms with Crippen LogP contribution in [0.25, 0.3) is 0 Å². The normalized spacial score (nSPS) is 32.8. The van der Waals surface area contributed by atoms with Gasteiger partial charge in [0, 0.05) is 33.1 Å². The van der Waals surface area contributed by atoms with E-state index in [4.69, 9.17) is 23.7 Å². The predicted molar refractivity (Wildman–Crippen MR) is 81.2 cm³/mol. The molecule has 7 heteroatoms. The van der Waals surface area contributed by atoms with Crippen LogP contribution in [0.1, 0.15) is 46.0 Å². The average molecular weight is 340 g/mol. The Kier molecular flexibility index (Phi) is 5.42. The molecule has 134 valence electrons. The quantitative estimate of drug-likeness (QED) is 0.720. The first kappa shape index (κ1) is 17.6. The molecule has 0 aromatic heterocycles. The van der Waals surface area contributed by atoms with Gasteiger partial charge in [-0.2, -0.15) is 0 Å². The molecule has 3 fully saturated rings. The first-order valence-electron chi connectivity index (χ1n) is 8.47. The number of rotatable bonds is 4. The SMILES string of the molecule is CC(=O)OC[C@@H](OC(C)=O)[C@@H]1O[CH][CH][C@H]2OC3(CCCCC3)O[C@@H]12. The lowest BCUT2D eigenvalue weighted by molar-refractivity contribution is -0.207. The summed E-state index contributed by atoms with van der Waals surface area (Å²) >= 11 is 0. The Morgan fingerprint density at radius 1 is 1.17 bits per heavy atom. The first-order valence-corrected chi connectivity index (χ1v) is 8.47. The largest absolute Gasteiger partial charge is 0.462 e. The van der Waals surface area contributed by atoms with E-state index < -0.39 is 36.0 Å². The minimum absolute atomic E-state index is 0.0764. The van der Waals surface area contributed by atoms with Gasteiger partial charge < -0.3 is 23.7 Å². The lowest BCUT2D eigenvalue weighted by Gasteiger charge is -2.35. The van der Waals surface area contributed by atoms with Crippen LogP contribution in [-0.4, -0.2) is 48.7 Å². The summed E-state index contributed by atoms with van der Waals surface area (Å²) < 4.78 is 28.4. The van der Waals surface area contributed by atoms with Crippen molar-refractivity contribution in [1.29, 1.82) is 0 Å². The molecule has 0 bridgehead atoms. The number of carbonyl (C=O) groups excluding carboxylic acids is 2. The van der Waals surface area contributed by atoms with Gasteiger partial charge in [-0.3, -0.25) is 9.59 Å². The highest BCUT2D eigenvalue weighted by molar-refractivity contribution is 5.67. The molecule has 3 aliphatic rings.